The first-order valence-electron chi connectivity index (χ1n) is 7.89. The van der Waals surface area contributed by atoms with Crippen molar-refractivity contribution in [1.29, 1.82) is 0 Å². The summed E-state index contributed by atoms with van der Waals surface area (Å²) in [4.78, 5) is 30.6. The summed E-state index contributed by atoms with van der Waals surface area (Å²) in [5.41, 5.74) is 6.45. The molecule has 2 aromatic rings. The van der Waals surface area contributed by atoms with Gasteiger partial charge in [-0.3, -0.25) is 9.09 Å². The molecule has 0 bridgehead atoms. The molecule has 1 saturated heterocycles. The molecular formula is C13H20N5O8P. The van der Waals surface area contributed by atoms with Crippen LogP contribution in [0.2, 0.25) is 0 Å². The topological polar surface area (TPSA) is 184 Å². The first-order valence-corrected chi connectivity index (χ1v) is 9.42. The molecule has 4 atom stereocenters. The molecule has 5 N–H and O–H groups in total. The quantitative estimate of drug-likeness (QED) is 0.304. The number of aromatic nitrogens is 4. The molecule has 0 aromatic carbocycles. The maximum Gasteiger partial charge on any atom is 0.470 e. The number of phosphoric ester groups is 1. The fourth-order valence-electron chi connectivity index (χ4n) is 2.87. The van der Waals surface area contributed by atoms with Gasteiger partial charge in [-0.05, 0) is 0 Å². The zero-order valence-corrected chi connectivity index (χ0v) is 15.2. The van der Waals surface area contributed by atoms with Crippen molar-refractivity contribution in [2.75, 3.05) is 32.7 Å². The molecule has 0 aliphatic carbocycles. The SMILES string of the molecule is COCCO[C@@H]1[C@H](OP(=O)(O)O)[C@@H](CO)O[C@H]1n1cnc2c(N)ncnc21. The van der Waals surface area contributed by atoms with Crippen molar-refractivity contribution in [3.05, 3.63) is 12.7 Å². The molecule has 2 aromatic heterocycles. The van der Waals surface area contributed by atoms with E-state index in [2.05, 4.69) is 15.0 Å². The maximum absolute atomic E-state index is 11.4. The maximum atomic E-state index is 11.4. The minimum atomic E-state index is -4.87. The molecule has 1 fully saturated rings. The van der Waals surface area contributed by atoms with Crippen LogP contribution in [0.5, 0.6) is 0 Å². The summed E-state index contributed by atoms with van der Waals surface area (Å²) in [6.45, 7) is -0.214. The second-order valence-electron chi connectivity index (χ2n) is 5.72. The molecule has 0 spiro atoms. The molecule has 0 saturated carbocycles. The summed E-state index contributed by atoms with van der Waals surface area (Å²) in [6, 6.07) is 0. The number of rotatable bonds is 8. The number of hydrogen-bond acceptors (Lipinski definition) is 10. The molecule has 1 aliphatic rings. The van der Waals surface area contributed by atoms with Gasteiger partial charge in [0.1, 0.15) is 30.2 Å². The number of imidazole rings is 1. The lowest BCUT2D eigenvalue weighted by molar-refractivity contribution is -0.0782. The van der Waals surface area contributed by atoms with Gasteiger partial charge in [0, 0.05) is 7.11 Å². The van der Waals surface area contributed by atoms with Crippen LogP contribution in [-0.2, 0) is 23.3 Å². The van der Waals surface area contributed by atoms with E-state index in [0.717, 1.165) is 0 Å². The van der Waals surface area contributed by atoms with Crippen LogP contribution in [-0.4, -0.2) is 79.7 Å². The Kier molecular flexibility index (Phi) is 6.03. The monoisotopic (exact) mass is 405 g/mol. The normalized spacial score (nSPS) is 26.1. The number of hydrogen-bond donors (Lipinski definition) is 4. The Morgan fingerprint density at radius 1 is 1.30 bits per heavy atom. The number of phosphoric acid groups is 1. The van der Waals surface area contributed by atoms with Crippen molar-refractivity contribution in [2.45, 2.75) is 24.5 Å². The van der Waals surface area contributed by atoms with Gasteiger partial charge in [-0.1, -0.05) is 0 Å². The summed E-state index contributed by atoms with van der Waals surface area (Å²) < 4.78 is 34.1. The number of aliphatic hydroxyl groups excluding tert-OH is 1. The van der Waals surface area contributed by atoms with Crippen LogP contribution >= 0.6 is 7.82 Å². The standard InChI is InChI=1S/C13H20N5O8P/c1-23-2-3-24-10-9(26-27(20,21)22)7(4-19)25-13(10)18-6-17-8-11(14)15-5-16-12(8)18/h5-7,9-10,13,19H,2-4H2,1H3,(H2,14,15,16)(H2,20,21,22)/t7-,9-,10-,13-/m1/s1. The van der Waals surface area contributed by atoms with E-state index in [1.807, 2.05) is 0 Å². The van der Waals surface area contributed by atoms with Crippen molar-refractivity contribution >= 4 is 24.8 Å². The summed E-state index contributed by atoms with van der Waals surface area (Å²) in [5, 5.41) is 9.59. The van der Waals surface area contributed by atoms with Crippen molar-refractivity contribution in [2.24, 2.45) is 0 Å². The molecule has 3 rings (SSSR count). The fraction of sp³-hybridized carbons (Fsp3) is 0.615. The fourth-order valence-corrected chi connectivity index (χ4v) is 3.44. The number of nitrogens with two attached hydrogens (primary N) is 1. The second kappa shape index (κ2) is 8.12. The highest BCUT2D eigenvalue weighted by atomic mass is 31.2. The largest absolute Gasteiger partial charge is 0.470 e. The average Bonchev–Trinajstić information content (AvgIpc) is 3.17. The molecule has 0 unspecified atom stereocenters. The number of nitrogens with zero attached hydrogens (tertiary/aromatic N) is 4. The summed E-state index contributed by atoms with van der Waals surface area (Å²) in [6.07, 6.45) is -1.57. The molecule has 1 aliphatic heterocycles. The van der Waals surface area contributed by atoms with Gasteiger partial charge in [0.25, 0.3) is 0 Å². The van der Waals surface area contributed by atoms with E-state index >= 15 is 0 Å². The van der Waals surface area contributed by atoms with Crippen LogP contribution in [0, 0.1) is 0 Å². The van der Waals surface area contributed by atoms with Crippen LogP contribution in [0.25, 0.3) is 11.2 Å². The predicted octanol–water partition coefficient (Wildman–Crippen LogP) is -1.19. The van der Waals surface area contributed by atoms with Crippen LogP contribution in [0.15, 0.2) is 12.7 Å². The van der Waals surface area contributed by atoms with E-state index in [1.165, 1.54) is 24.3 Å². The van der Waals surface area contributed by atoms with Crippen LogP contribution in [0.4, 0.5) is 5.82 Å². The number of nitrogen functional groups attached to an aromatic ring is 1. The highest BCUT2D eigenvalue weighted by Crippen LogP contribution is 2.45. The smallest absolute Gasteiger partial charge is 0.394 e. The molecule has 150 valence electrons. The second-order valence-corrected chi connectivity index (χ2v) is 6.91. The average molecular weight is 405 g/mol. The lowest BCUT2D eigenvalue weighted by Crippen LogP contribution is -2.38. The van der Waals surface area contributed by atoms with E-state index in [4.69, 9.17) is 24.5 Å². The number of fused-ring (bicyclic) bond motifs is 1. The van der Waals surface area contributed by atoms with Gasteiger partial charge < -0.3 is 34.8 Å². The predicted molar refractivity (Wildman–Crippen MR) is 89.3 cm³/mol. The molecule has 13 nitrogen and oxygen atoms in total. The van der Waals surface area contributed by atoms with Gasteiger partial charge in [0.15, 0.2) is 17.7 Å². The van der Waals surface area contributed by atoms with E-state index in [9.17, 15) is 19.5 Å². The summed E-state index contributed by atoms with van der Waals surface area (Å²) in [7, 11) is -3.39. The van der Waals surface area contributed by atoms with Crippen molar-refractivity contribution in [3.8, 4) is 0 Å². The lowest BCUT2D eigenvalue weighted by Gasteiger charge is -2.24. The van der Waals surface area contributed by atoms with Crippen LogP contribution < -0.4 is 5.73 Å². The molecule has 27 heavy (non-hydrogen) atoms. The summed E-state index contributed by atoms with van der Waals surface area (Å²) >= 11 is 0. The first kappa shape index (κ1) is 20.0. The number of anilines is 1. The van der Waals surface area contributed by atoms with Crippen molar-refractivity contribution < 1.29 is 38.2 Å². The zero-order valence-electron chi connectivity index (χ0n) is 14.3. The number of aliphatic hydroxyl groups is 1. The van der Waals surface area contributed by atoms with Crippen molar-refractivity contribution in [1.82, 2.24) is 19.5 Å². The minimum Gasteiger partial charge on any atom is -0.394 e. The zero-order chi connectivity index (χ0) is 19.6. The molecule has 0 amide bonds. The lowest BCUT2D eigenvalue weighted by atomic mass is 10.1. The number of ether oxygens (including phenoxy) is 3. The molecule has 3 heterocycles. The van der Waals surface area contributed by atoms with E-state index in [-0.39, 0.29) is 19.0 Å². The minimum absolute atomic E-state index is 0.101. The van der Waals surface area contributed by atoms with Crippen LogP contribution in [0.3, 0.4) is 0 Å². The summed E-state index contributed by atoms with van der Waals surface area (Å²) in [5.74, 6) is 0.162. The Bertz CT molecular complexity index is 828. The van der Waals surface area contributed by atoms with Gasteiger partial charge >= 0.3 is 7.82 Å². The van der Waals surface area contributed by atoms with E-state index in [1.54, 1.807) is 0 Å². The third-order valence-electron chi connectivity index (χ3n) is 3.98. The third kappa shape index (κ3) is 4.25. The Hall–Kier alpha value is -1.70. The van der Waals surface area contributed by atoms with Crippen molar-refractivity contribution in [3.63, 3.8) is 0 Å². The van der Waals surface area contributed by atoms with Gasteiger partial charge in [0.2, 0.25) is 0 Å². The highest BCUT2D eigenvalue weighted by Gasteiger charge is 2.50. The third-order valence-corrected chi connectivity index (χ3v) is 4.50. The Balaban J connectivity index is 1.97. The molecule has 0 radical (unpaired) electrons. The van der Waals surface area contributed by atoms with Gasteiger partial charge in [-0.2, -0.15) is 0 Å². The first-order chi connectivity index (χ1) is 12.9. The Morgan fingerprint density at radius 2 is 2.07 bits per heavy atom. The van der Waals surface area contributed by atoms with Crippen LogP contribution in [0.1, 0.15) is 6.23 Å². The van der Waals surface area contributed by atoms with Gasteiger partial charge in [-0.15, -0.1) is 0 Å². The highest BCUT2D eigenvalue weighted by molar-refractivity contribution is 7.46. The Morgan fingerprint density at radius 3 is 2.74 bits per heavy atom. The van der Waals surface area contributed by atoms with Gasteiger partial charge in [-0.25, -0.2) is 19.5 Å². The Labute approximate surface area is 153 Å². The molecule has 14 heteroatoms. The van der Waals surface area contributed by atoms with E-state index in [0.29, 0.717) is 11.2 Å². The van der Waals surface area contributed by atoms with Gasteiger partial charge in [0.05, 0.1) is 26.1 Å². The number of methoxy groups -OCH3 is 1. The molecular weight excluding hydrogens is 385 g/mol. The van der Waals surface area contributed by atoms with E-state index < -0.39 is 39.0 Å².